The number of aromatic nitrogens is 3. The van der Waals surface area contributed by atoms with Crippen LogP contribution in [0.4, 0.5) is 5.69 Å². The zero-order valence-corrected chi connectivity index (χ0v) is 13.9. The number of hydrogen-bond donors (Lipinski definition) is 1. The van der Waals surface area contributed by atoms with Crippen molar-refractivity contribution >= 4 is 16.9 Å². The highest BCUT2D eigenvalue weighted by molar-refractivity contribution is 5.72. The van der Waals surface area contributed by atoms with Crippen molar-refractivity contribution in [2.45, 2.75) is 38.6 Å². The molecular formula is C19H22N4O. The molecule has 0 saturated heterocycles. The van der Waals surface area contributed by atoms with Gasteiger partial charge >= 0.3 is 0 Å². The van der Waals surface area contributed by atoms with Gasteiger partial charge in [-0.05, 0) is 62.1 Å². The summed E-state index contributed by atoms with van der Waals surface area (Å²) in [6, 6.07) is 9.64. The molecule has 0 spiro atoms. The molecule has 1 fully saturated rings. The molecule has 5 heteroatoms. The van der Waals surface area contributed by atoms with E-state index in [1.165, 1.54) is 18.7 Å². The van der Waals surface area contributed by atoms with Crippen LogP contribution in [0, 0.1) is 6.92 Å². The molecule has 2 N–H and O–H groups in total. The summed E-state index contributed by atoms with van der Waals surface area (Å²) in [4.78, 5) is 9.43. The average Bonchev–Trinajstić information content (AvgIpc) is 3.36. The second-order valence-electron chi connectivity index (χ2n) is 6.52. The van der Waals surface area contributed by atoms with Crippen molar-refractivity contribution < 1.29 is 4.74 Å². The summed E-state index contributed by atoms with van der Waals surface area (Å²) in [5.74, 6) is 2.66. The standard InChI is InChI=1S/C19H22N4O/c1-13-11-17-19(21-12-13)23(18(22-17)14-3-4-14)9-2-10-24-16-7-5-15(20)6-8-16/h5-8,11-12,14H,2-4,9-10,20H2,1H3. The minimum absolute atomic E-state index is 0.609. The number of aryl methyl sites for hydroxylation is 2. The zero-order chi connectivity index (χ0) is 16.5. The van der Waals surface area contributed by atoms with E-state index in [0.29, 0.717) is 12.5 Å². The lowest BCUT2D eigenvalue weighted by Gasteiger charge is -2.10. The van der Waals surface area contributed by atoms with Crippen molar-refractivity contribution in [2.75, 3.05) is 12.3 Å². The highest BCUT2D eigenvalue weighted by Crippen LogP contribution is 2.40. The molecule has 1 aliphatic carbocycles. The molecule has 0 aliphatic heterocycles. The molecule has 3 aromatic rings. The van der Waals surface area contributed by atoms with Gasteiger partial charge in [-0.15, -0.1) is 0 Å². The largest absolute Gasteiger partial charge is 0.494 e. The normalized spacial score (nSPS) is 14.2. The third-order valence-electron chi connectivity index (χ3n) is 4.37. The quantitative estimate of drug-likeness (QED) is 0.555. The number of fused-ring (bicyclic) bond motifs is 1. The summed E-state index contributed by atoms with van der Waals surface area (Å²) < 4.78 is 8.07. The minimum atomic E-state index is 0.609. The molecule has 4 rings (SSSR count). The monoisotopic (exact) mass is 322 g/mol. The number of hydrogen-bond acceptors (Lipinski definition) is 4. The Labute approximate surface area is 141 Å². The number of benzene rings is 1. The molecule has 24 heavy (non-hydrogen) atoms. The first-order valence-electron chi connectivity index (χ1n) is 8.52. The number of anilines is 1. The Hall–Kier alpha value is -2.56. The van der Waals surface area contributed by atoms with Crippen molar-refractivity contribution in [3.05, 3.63) is 47.9 Å². The fraction of sp³-hybridized carbons (Fsp3) is 0.368. The van der Waals surface area contributed by atoms with Crippen LogP contribution in [0.3, 0.4) is 0 Å². The summed E-state index contributed by atoms with van der Waals surface area (Å²) in [6.45, 7) is 3.61. The van der Waals surface area contributed by atoms with Gasteiger partial charge in [-0.2, -0.15) is 0 Å². The molecule has 0 atom stereocenters. The van der Waals surface area contributed by atoms with E-state index in [1.54, 1.807) is 0 Å². The average molecular weight is 322 g/mol. The van der Waals surface area contributed by atoms with E-state index in [1.807, 2.05) is 30.5 Å². The topological polar surface area (TPSA) is 66.0 Å². The fourth-order valence-corrected chi connectivity index (χ4v) is 2.98. The first kappa shape index (κ1) is 15.0. The van der Waals surface area contributed by atoms with Gasteiger partial charge in [0.25, 0.3) is 0 Å². The minimum Gasteiger partial charge on any atom is -0.494 e. The lowest BCUT2D eigenvalue weighted by molar-refractivity contribution is 0.301. The van der Waals surface area contributed by atoms with Crippen molar-refractivity contribution in [1.29, 1.82) is 0 Å². The van der Waals surface area contributed by atoms with E-state index in [0.717, 1.165) is 41.1 Å². The number of nitrogen functional groups attached to an aromatic ring is 1. The van der Waals surface area contributed by atoms with Crippen LogP contribution >= 0.6 is 0 Å². The SMILES string of the molecule is Cc1cnc2c(c1)nc(C1CC1)n2CCCOc1ccc(N)cc1. The van der Waals surface area contributed by atoms with Crippen molar-refractivity contribution in [3.8, 4) is 5.75 Å². The highest BCUT2D eigenvalue weighted by atomic mass is 16.5. The molecule has 0 unspecified atom stereocenters. The maximum atomic E-state index is 5.80. The van der Waals surface area contributed by atoms with Gasteiger partial charge in [-0.3, -0.25) is 0 Å². The predicted molar refractivity (Wildman–Crippen MR) is 95.2 cm³/mol. The molecule has 0 amide bonds. The smallest absolute Gasteiger partial charge is 0.160 e. The van der Waals surface area contributed by atoms with Gasteiger partial charge in [0.15, 0.2) is 5.65 Å². The number of rotatable bonds is 6. The van der Waals surface area contributed by atoms with Gasteiger partial charge in [0, 0.05) is 24.3 Å². The van der Waals surface area contributed by atoms with Crippen LogP contribution in [0.25, 0.3) is 11.2 Å². The Morgan fingerprint density at radius 2 is 2.04 bits per heavy atom. The zero-order valence-electron chi connectivity index (χ0n) is 13.9. The fourth-order valence-electron chi connectivity index (χ4n) is 2.98. The van der Waals surface area contributed by atoms with Crippen LogP contribution in [0.15, 0.2) is 36.5 Å². The van der Waals surface area contributed by atoms with Gasteiger partial charge in [-0.25, -0.2) is 9.97 Å². The second-order valence-corrected chi connectivity index (χ2v) is 6.52. The Kier molecular flexibility index (Phi) is 3.84. The maximum Gasteiger partial charge on any atom is 0.160 e. The van der Waals surface area contributed by atoms with Crippen molar-refractivity contribution in [3.63, 3.8) is 0 Å². The lowest BCUT2D eigenvalue weighted by atomic mass is 10.3. The van der Waals surface area contributed by atoms with E-state index in [4.69, 9.17) is 15.5 Å². The number of imidazole rings is 1. The van der Waals surface area contributed by atoms with Gasteiger partial charge in [0.2, 0.25) is 0 Å². The predicted octanol–water partition coefficient (Wildman–Crippen LogP) is 3.67. The molecule has 2 aromatic heterocycles. The summed E-state index contributed by atoms with van der Waals surface area (Å²) >= 11 is 0. The van der Waals surface area contributed by atoms with Crippen LogP contribution in [-0.4, -0.2) is 21.1 Å². The molecular weight excluding hydrogens is 300 g/mol. The summed E-state index contributed by atoms with van der Waals surface area (Å²) in [6.07, 6.45) is 5.32. The van der Waals surface area contributed by atoms with Gasteiger partial charge in [-0.1, -0.05) is 0 Å². The van der Waals surface area contributed by atoms with Gasteiger partial charge in [0.05, 0.1) is 6.61 Å². The van der Waals surface area contributed by atoms with Gasteiger partial charge < -0.3 is 15.0 Å². The van der Waals surface area contributed by atoms with Crippen LogP contribution in [0.2, 0.25) is 0 Å². The Morgan fingerprint density at radius 3 is 2.79 bits per heavy atom. The van der Waals surface area contributed by atoms with Crippen molar-refractivity contribution in [1.82, 2.24) is 14.5 Å². The van der Waals surface area contributed by atoms with Crippen LogP contribution in [0.5, 0.6) is 5.75 Å². The molecule has 124 valence electrons. The summed E-state index contributed by atoms with van der Waals surface area (Å²) in [7, 11) is 0. The van der Waals surface area contributed by atoms with Crippen LogP contribution in [-0.2, 0) is 6.54 Å². The molecule has 1 aromatic carbocycles. The summed E-state index contributed by atoms with van der Waals surface area (Å²) in [5, 5.41) is 0. The van der Waals surface area contributed by atoms with E-state index in [9.17, 15) is 0 Å². The molecule has 2 heterocycles. The molecule has 1 aliphatic rings. The van der Waals surface area contributed by atoms with Gasteiger partial charge in [0.1, 0.15) is 17.1 Å². The maximum absolute atomic E-state index is 5.80. The highest BCUT2D eigenvalue weighted by Gasteiger charge is 2.29. The van der Waals surface area contributed by atoms with E-state index in [-0.39, 0.29) is 0 Å². The van der Waals surface area contributed by atoms with E-state index < -0.39 is 0 Å². The molecule has 1 saturated carbocycles. The number of nitrogens with zero attached hydrogens (tertiary/aromatic N) is 3. The Bertz CT molecular complexity index is 850. The molecule has 0 radical (unpaired) electrons. The third kappa shape index (κ3) is 3.07. The van der Waals surface area contributed by atoms with Crippen LogP contribution in [0.1, 0.15) is 36.6 Å². The van der Waals surface area contributed by atoms with Crippen molar-refractivity contribution in [2.24, 2.45) is 0 Å². The summed E-state index contributed by atoms with van der Waals surface area (Å²) in [5.41, 5.74) is 9.60. The van der Waals surface area contributed by atoms with Crippen LogP contribution < -0.4 is 10.5 Å². The second kappa shape index (κ2) is 6.15. The van der Waals surface area contributed by atoms with E-state index >= 15 is 0 Å². The molecule has 0 bridgehead atoms. The number of ether oxygens (including phenoxy) is 1. The number of pyridine rings is 1. The Morgan fingerprint density at radius 1 is 1.25 bits per heavy atom. The first-order chi connectivity index (χ1) is 11.7. The third-order valence-corrected chi connectivity index (χ3v) is 4.37. The lowest BCUT2D eigenvalue weighted by Crippen LogP contribution is -2.08. The molecule has 5 nitrogen and oxygen atoms in total. The van der Waals surface area contributed by atoms with E-state index in [2.05, 4.69) is 22.5 Å². The Balaban J connectivity index is 1.45. The number of nitrogens with two attached hydrogens (primary N) is 1. The first-order valence-corrected chi connectivity index (χ1v) is 8.52.